The summed E-state index contributed by atoms with van der Waals surface area (Å²) in [6.45, 7) is -1.37. The van der Waals surface area contributed by atoms with Gasteiger partial charge >= 0.3 is 6.61 Å². The van der Waals surface area contributed by atoms with Gasteiger partial charge in [-0.2, -0.15) is 8.78 Å². The van der Waals surface area contributed by atoms with E-state index in [-0.39, 0.29) is 11.8 Å². The number of pyridine rings is 1. The fourth-order valence-corrected chi connectivity index (χ4v) is 3.19. The predicted octanol–water partition coefficient (Wildman–Crippen LogP) is 3.02. The summed E-state index contributed by atoms with van der Waals surface area (Å²) in [5.74, 6) is 1.12. The highest BCUT2D eigenvalue weighted by Crippen LogP contribution is 2.32. The van der Waals surface area contributed by atoms with Crippen LogP contribution in [0.25, 0.3) is 5.65 Å². The lowest BCUT2D eigenvalue weighted by Crippen LogP contribution is -2.27. The largest absolute Gasteiger partial charge is 0.433 e. The van der Waals surface area contributed by atoms with Crippen LogP contribution in [0.15, 0.2) is 48.8 Å². The molecule has 1 saturated heterocycles. The number of anilines is 2. The second-order valence-corrected chi connectivity index (χ2v) is 5.89. The smallest absolute Gasteiger partial charge is 0.387 e. The fraction of sp³-hybridized carbons (Fsp3) is 0.294. The Hall–Kier alpha value is -2.90. The number of benzene rings is 1. The standard InChI is InChI=1S/C17H17F2N5O/c18-17(19)25-14-5-2-1-4-13(14)23-9-8-12(10-23)21-15-6-3-7-16-22-20-11-24(15)16/h1-7,11-12,17,21H,8-10H2. The summed E-state index contributed by atoms with van der Waals surface area (Å²) >= 11 is 0. The molecule has 3 aromatic rings. The van der Waals surface area contributed by atoms with E-state index in [1.54, 1.807) is 24.5 Å². The van der Waals surface area contributed by atoms with Crippen LogP contribution >= 0.6 is 0 Å². The molecule has 0 aliphatic carbocycles. The van der Waals surface area contributed by atoms with Crippen molar-refractivity contribution in [3.05, 3.63) is 48.8 Å². The average Bonchev–Trinajstić information content (AvgIpc) is 3.24. The number of nitrogens with zero attached hydrogens (tertiary/aromatic N) is 4. The van der Waals surface area contributed by atoms with E-state index in [1.807, 2.05) is 28.7 Å². The van der Waals surface area contributed by atoms with Gasteiger partial charge in [0.1, 0.15) is 17.9 Å². The summed E-state index contributed by atoms with van der Waals surface area (Å²) in [6.07, 6.45) is 2.55. The van der Waals surface area contributed by atoms with Crippen LogP contribution in [0.1, 0.15) is 6.42 Å². The number of fused-ring (bicyclic) bond motifs is 1. The van der Waals surface area contributed by atoms with Crippen LogP contribution in [0.4, 0.5) is 20.3 Å². The Kier molecular flexibility index (Phi) is 4.09. The summed E-state index contributed by atoms with van der Waals surface area (Å²) in [6, 6.07) is 12.9. The zero-order valence-corrected chi connectivity index (χ0v) is 13.3. The van der Waals surface area contributed by atoms with Gasteiger partial charge in [0, 0.05) is 19.1 Å². The lowest BCUT2D eigenvalue weighted by molar-refractivity contribution is -0.0495. The summed E-state index contributed by atoms with van der Waals surface area (Å²) in [5, 5.41) is 11.4. The maximum absolute atomic E-state index is 12.6. The van der Waals surface area contributed by atoms with Crippen molar-refractivity contribution in [3.8, 4) is 5.75 Å². The Balaban J connectivity index is 1.50. The molecule has 1 fully saturated rings. The first-order valence-corrected chi connectivity index (χ1v) is 8.05. The number of alkyl halides is 2. The Morgan fingerprint density at radius 3 is 2.92 bits per heavy atom. The molecule has 0 radical (unpaired) electrons. The molecule has 130 valence electrons. The van der Waals surface area contributed by atoms with Gasteiger partial charge in [0.15, 0.2) is 5.65 Å². The Morgan fingerprint density at radius 2 is 2.04 bits per heavy atom. The van der Waals surface area contributed by atoms with Gasteiger partial charge in [-0.05, 0) is 30.7 Å². The van der Waals surface area contributed by atoms with Crippen molar-refractivity contribution in [3.63, 3.8) is 0 Å². The van der Waals surface area contributed by atoms with Crippen LogP contribution in [-0.2, 0) is 0 Å². The molecule has 1 aliphatic rings. The zero-order valence-electron chi connectivity index (χ0n) is 13.3. The van der Waals surface area contributed by atoms with Crippen LogP contribution in [0.3, 0.4) is 0 Å². The number of ether oxygens (including phenoxy) is 1. The minimum absolute atomic E-state index is 0.188. The van der Waals surface area contributed by atoms with E-state index >= 15 is 0 Å². The summed E-state index contributed by atoms with van der Waals surface area (Å²) in [5.41, 5.74) is 1.46. The molecule has 1 N–H and O–H groups in total. The zero-order chi connectivity index (χ0) is 17.2. The highest BCUT2D eigenvalue weighted by Gasteiger charge is 2.25. The molecule has 1 atom stereocenters. The Bertz CT molecular complexity index is 869. The van der Waals surface area contributed by atoms with Gasteiger partial charge in [-0.3, -0.25) is 4.40 Å². The molecule has 0 spiro atoms. The van der Waals surface area contributed by atoms with Crippen molar-refractivity contribution >= 4 is 17.2 Å². The van der Waals surface area contributed by atoms with Crippen LogP contribution in [0.5, 0.6) is 5.75 Å². The first-order chi connectivity index (χ1) is 12.2. The topological polar surface area (TPSA) is 54.7 Å². The van der Waals surface area contributed by atoms with Crippen LogP contribution < -0.4 is 15.0 Å². The van der Waals surface area contributed by atoms with Crippen molar-refractivity contribution in [2.24, 2.45) is 0 Å². The molecule has 2 aromatic heterocycles. The molecule has 1 aliphatic heterocycles. The minimum Gasteiger partial charge on any atom is -0.433 e. The molecule has 0 saturated carbocycles. The summed E-state index contributed by atoms with van der Waals surface area (Å²) in [4.78, 5) is 2.06. The van der Waals surface area contributed by atoms with Crippen molar-refractivity contribution < 1.29 is 13.5 Å². The molecular weight excluding hydrogens is 328 g/mol. The number of para-hydroxylation sites is 2. The maximum atomic E-state index is 12.6. The third kappa shape index (κ3) is 3.19. The molecule has 1 unspecified atom stereocenters. The first-order valence-electron chi connectivity index (χ1n) is 8.05. The lowest BCUT2D eigenvalue weighted by Gasteiger charge is -2.22. The summed E-state index contributed by atoms with van der Waals surface area (Å²) in [7, 11) is 0. The van der Waals surface area contributed by atoms with Gasteiger partial charge in [-0.1, -0.05) is 18.2 Å². The highest BCUT2D eigenvalue weighted by molar-refractivity contribution is 5.60. The van der Waals surface area contributed by atoms with Crippen molar-refractivity contribution in [2.75, 3.05) is 23.3 Å². The van der Waals surface area contributed by atoms with E-state index in [0.717, 1.165) is 24.4 Å². The Labute approximate surface area is 143 Å². The average molecular weight is 345 g/mol. The highest BCUT2D eigenvalue weighted by atomic mass is 19.3. The van der Waals surface area contributed by atoms with Gasteiger partial charge in [0.05, 0.1) is 5.69 Å². The molecule has 6 nitrogen and oxygen atoms in total. The second kappa shape index (κ2) is 6.54. The molecule has 25 heavy (non-hydrogen) atoms. The third-order valence-corrected chi connectivity index (χ3v) is 4.30. The molecular formula is C17H17F2N5O. The number of nitrogens with one attached hydrogen (secondary N) is 1. The predicted molar refractivity (Wildman–Crippen MR) is 90.3 cm³/mol. The fourth-order valence-electron chi connectivity index (χ4n) is 3.19. The number of hydrogen-bond acceptors (Lipinski definition) is 5. The molecule has 0 bridgehead atoms. The lowest BCUT2D eigenvalue weighted by atomic mass is 10.2. The summed E-state index contributed by atoms with van der Waals surface area (Å²) < 4.78 is 31.7. The number of aromatic nitrogens is 3. The molecule has 8 heteroatoms. The quantitative estimate of drug-likeness (QED) is 0.770. The van der Waals surface area contributed by atoms with E-state index in [4.69, 9.17) is 0 Å². The number of rotatable bonds is 5. The van der Waals surface area contributed by atoms with Gasteiger partial charge in [-0.15, -0.1) is 10.2 Å². The van der Waals surface area contributed by atoms with E-state index in [2.05, 4.69) is 25.2 Å². The molecule has 1 aromatic carbocycles. The third-order valence-electron chi connectivity index (χ3n) is 4.30. The SMILES string of the molecule is FC(F)Oc1ccccc1N1CCC(Nc2cccc3nncn23)C1. The van der Waals surface area contributed by atoms with Crippen molar-refractivity contribution in [1.82, 2.24) is 14.6 Å². The van der Waals surface area contributed by atoms with Gasteiger partial charge in [-0.25, -0.2) is 0 Å². The van der Waals surface area contributed by atoms with E-state index in [9.17, 15) is 8.78 Å². The van der Waals surface area contributed by atoms with E-state index in [1.165, 1.54) is 0 Å². The molecule has 0 amide bonds. The van der Waals surface area contributed by atoms with Crippen LogP contribution in [0.2, 0.25) is 0 Å². The van der Waals surface area contributed by atoms with Crippen LogP contribution in [0, 0.1) is 0 Å². The normalized spacial score (nSPS) is 17.4. The second-order valence-electron chi connectivity index (χ2n) is 5.89. The van der Waals surface area contributed by atoms with Gasteiger partial charge < -0.3 is 15.0 Å². The van der Waals surface area contributed by atoms with E-state index in [0.29, 0.717) is 12.2 Å². The molecule has 4 rings (SSSR count). The number of hydrogen-bond donors (Lipinski definition) is 1. The van der Waals surface area contributed by atoms with Gasteiger partial charge in [0.2, 0.25) is 0 Å². The number of halogens is 2. The first kappa shape index (κ1) is 15.6. The van der Waals surface area contributed by atoms with E-state index < -0.39 is 6.61 Å². The monoisotopic (exact) mass is 345 g/mol. The van der Waals surface area contributed by atoms with Gasteiger partial charge in [0.25, 0.3) is 0 Å². The maximum Gasteiger partial charge on any atom is 0.387 e. The van der Waals surface area contributed by atoms with Crippen molar-refractivity contribution in [2.45, 2.75) is 19.1 Å². The Morgan fingerprint density at radius 1 is 1.16 bits per heavy atom. The van der Waals surface area contributed by atoms with Crippen LogP contribution in [-0.4, -0.2) is 40.3 Å². The van der Waals surface area contributed by atoms with Crippen molar-refractivity contribution in [1.29, 1.82) is 0 Å². The molecule has 3 heterocycles. The minimum atomic E-state index is -2.83.